The first-order valence-electron chi connectivity index (χ1n) is 9.55. The number of thioether (sulfide) groups is 1. The van der Waals surface area contributed by atoms with Gasteiger partial charge in [0.15, 0.2) is 6.04 Å². The number of carbonyl (C=O) groups is 3. The van der Waals surface area contributed by atoms with Gasteiger partial charge >= 0.3 is 0 Å². The Hall–Kier alpha value is -1.58. The minimum Gasteiger partial charge on any atom is -0.543 e. The van der Waals surface area contributed by atoms with Crippen LogP contribution < -0.4 is 5.11 Å². The summed E-state index contributed by atoms with van der Waals surface area (Å²) in [5, 5.41) is 21.8. The average molecular weight is 412 g/mol. The fraction of sp³-hybridized carbons (Fsp3) is 0.737. The van der Waals surface area contributed by atoms with Crippen LogP contribution in [0.1, 0.15) is 20.3 Å². The molecule has 28 heavy (non-hydrogen) atoms. The van der Waals surface area contributed by atoms with Crippen LogP contribution >= 0.6 is 11.8 Å². The fourth-order valence-corrected chi connectivity index (χ4v) is 6.64. The van der Waals surface area contributed by atoms with Crippen LogP contribution in [0.5, 0.6) is 0 Å². The van der Waals surface area contributed by atoms with Gasteiger partial charge in [-0.15, -0.1) is 11.8 Å². The Bertz CT molecular complexity index is 748. The quantitative estimate of drug-likeness (QED) is 0.453. The Morgan fingerprint density at radius 3 is 2.46 bits per heavy atom. The molecule has 1 N–H and O–H groups in total. The van der Waals surface area contributed by atoms with E-state index in [1.807, 2.05) is 21.0 Å². The number of carbonyl (C=O) groups excluding carboxylic acids is 3. The van der Waals surface area contributed by atoms with Crippen LogP contribution in [0.15, 0.2) is 10.6 Å². The van der Waals surface area contributed by atoms with Crippen molar-refractivity contribution in [2.75, 3.05) is 34.7 Å². The highest BCUT2D eigenvalue weighted by molar-refractivity contribution is 8.03. The maximum absolute atomic E-state index is 12.6. The normalized spacial score (nSPS) is 34.9. The Kier molecular flexibility index (Phi) is 5.31. The van der Waals surface area contributed by atoms with Crippen molar-refractivity contribution in [2.24, 2.45) is 11.8 Å². The number of likely N-dealkylation sites (tertiary alicyclic amines) is 1. The van der Waals surface area contributed by atoms with Crippen molar-refractivity contribution >= 4 is 29.5 Å². The second-order valence-corrected chi connectivity index (χ2v) is 10.3. The predicted molar refractivity (Wildman–Crippen MR) is 102 cm³/mol. The van der Waals surface area contributed by atoms with E-state index >= 15 is 0 Å². The van der Waals surface area contributed by atoms with Gasteiger partial charge in [0.05, 0.1) is 55.6 Å². The number of hydrogen-bond acceptors (Lipinski definition) is 6. The lowest BCUT2D eigenvalue weighted by Gasteiger charge is -2.47. The number of rotatable bonds is 5. The standard InChI is InChI=1S/C19H29N3O5S/c1-9-14-13(10(2)23)18(25)21(14)15(19(26)27)16(9)28-11-7-12(17(24)20(3)4)22(5,6)8-11/h9-14,23H,7-8H2,1-6H3/t9-,10-,11+,12+,13-,14-/m1/s1. The van der Waals surface area contributed by atoms with E-state index in [9.17, 15) is 24.6 Å². The molecule has 0 saturated carbocycles. The third-order valence-electron chi connectivity index (χ3n) is 6.33. The smallest absolute Gasteiger partial charge is 0.280 e. The van der Waals surface area contributed by atoms with Crippen molar-refractivity contribution in [1.82, 2.24) is 9.80 Å². The van der Waals surface area contributed by atoms with Gasteiger partial charge in [-0.25, -0.2) is 0 Å². The van der Waals surface area contributed by atoms with Crippen molar-refractivity contribution in [1.29, 1.82) is 0 Å². The van der Waals surface area contributed by atoms with Gasteiger partial charge in [0, 0.05) is 31.3 Å². The van der Waals surface area contributed by atoms with E-state index < -0.39 is 18.0 Å². The molecule has 2 saturated heterocycles. The highest BCUT2D eigenvalue weighted by Crippen LogP contribution is 2.52. The topological polar surface area (TPSA) is 101 Å². The molecule has 0 spiro atoms. The Morgan fingerprint density at radius 2 is 1.96 bits per heavy atom. The molecule has 0 aromatic heterocycles. The van der Waals surface area contributed by atoms with Gasteiger partial charge in [-0.3, -0.25) is 9.59 Å². The Balaban J connectivity index is 1.85. The number of nitrogens with zero attached hydrogens (tertiary/aromatic N) is 3. The number of quaternary nitrogens is 1. The average Bonchev–Trinajstić information content (AvgIpc) is 2.99. The number of amides is 2. The van der Waals surface area contributed by atoms with Gasteiger partial charge in [0.2, 0.25) is 5.91 Å². The molecular formula is C19H29N3O5S. The van der Waals surface area contributed by atoms with Crippen LogP contribution in [-0.2, 0) is 14.4 Å². The van der Waals surface area contributed by atoms with Crippen LogP contribution in [0, 0.1) is 11.8 Å². The summed E-state index contributed by atoms with van der Waals surface area (Å²) in [6.45, 7) is 4.18. The zero-order valence-corrected chi connectivity index (χ0v) is 18.0. The van der Waals surface area contributed by atoms with Crippen LogP contribution in [0.4, 0.5) is 0 Å². The van der Waals surface area contributed by atoms with Gasteiger partial charge in [-0.05, 0) is 6.92 Å². The molecule has 8 nitrogen and oxygen atoms in total. The first-order valence-corrected chi connectivity index (χ1v) is 10.4. The monoisotopic (exact) mass is 411 g/mol. The summed E-state index contributed by atoms with van der Waals surface area (Å²) < 4.78 is 0.541. The number of hydrogen-bond donors (Lipinski definition) is 1. The lowest BCUT2D eigenvalue weighted by atomic mass is 9.79. The molecular weight excluding hydrogens is 382 g/mol. The highest BCUT2D eigenvalue weighted by Gasteiger charge is 2.59. The second kappa shape index (κ2) is 7.03. The zero-order valence-electron chi connectivity index (χ0n) is 17.2. The minimum atomic E-state index is -1.36. The van der Waals surface area contributed by atoms with Crippen molar-refractivity contribution in [2.45, 2.75) is 43.7 Å². The molecule has 9 heteroatoms. The van der Waals surface area contributed by atoms with Gasteiger partial charge in [-0.1, -0.05) is 6.92 Å². The van der Waals surface area contributed by atoms with Crippen molar-refractivity contribution in [3.8, 4) is 0 Å². The molecule has 3 heterocycles. The number of aliphatic hydroxyl groups excluding tert-OH is 1. The van der Waals surface area contributed by atoms with E-state index in [4.69, 9.17) is 0 Å². The minimum absolute atomic E-state index is 0.0582. The summed E-state index contributed by atoms with van der Waals surface area (Å²) in [6, 6.07) is -0.522. The van der Waals surface area contributed by atoms with E-state index in [0.717, 1.165) is 6.54 Å². The molecule has 0 radical (unpaired) electrons. The maximum Gasteiger partial charge on any atom is 0.280 e. The Morgan fingerprint density at radius 1 is 1.36 bits per heavy atom. The van der Waals surface area contributed by atoms with E-state index in [0.29, 0.717) is 15.8 Å². The number of aliphatic hydroxyl groups is 1. The van der Waals surface area contributed by atoms with Crippen molar-refractivity contribution < 1.29 is 29.1 Å². The third kappa shape index (κ3) is 3.13. The van der Waals surface area contributed by atoms with Gasteiger partial charge in [0.1, 0.15) is 0 Å². The van der Waals surface area contributed by atoms with Gasteiger partial charge in [-0.2, -0.15) is 0 Å². The Labute approximate surface area is 169 Å². The van der Waals surface area contributed by atoms with Crippen LogP contribution in [0.3, 0.4) is 0 Å². The van der Waals surface area contributed by atoms with E-state index in [1.165, 1.54) is 16.7 Å². The third-order valence-corrected chi connectivity index (χ3v) is 7.82. The molecule has 3 aliphatic heterocycles. The summed E-state index contributed by atoms with van der Waals surface area (Å²) in [5.41, 5.74) is -0.0582. The molecule has 156 valence electrons. The number of aliphatic carboxylic acids is 1. The fourth-order valence-electron chi connectivity index (χ4n) is 4.89. The van der Waals surface area contributed by atoms with Gasteiger partial charge < -0.3 is 29.3 Å². The first-order chi connectivity index (χ1) is 12.9. The molecule has 0 aromatic carbocycles. The molecule has 0 aliphatic carbocycles. The number of carboxylic acid groups (broad SMARTS) is 1. The first kappa shape index (κ1) is 21.1. The summed E-state index contributed by atoms with van der Waals surface area (Å²) in [5.74, 6) is -2.42. The molecule has 0 unspecified atom stereocenters. The SMILES string of the molecule is C[C@@H](O)[C@H]1C(=O)N2C(C(=O)[O-])=C(S[C@H]3C[C@@H](C(=O)N(C)C)[N+](C)(C)C3)[C@H](C)[C@H]12. The summed E-state index contributed by atoms with van der Waals surface area (Å²) in [6.07, 6.45) is -0.184. The number of likely N-dealkylation sites (N-methyl/N-ethyl adjacent to an activating group) is 2. The van der Waals surface area contributed by atoms with Crippen LogP contribution in [0.25, 0.3) is 0 Å². The summed E-state index contributed by atoms with van der Waals surface area (Å²) in [4.78, 5) is 40.3. The molecule has 0 bridgehead atoms. The lowest BCUT2D eigenvalue weighted by molar-refractivity contribution is -0.893. The van der Waals surface area contributed by atoms with Gasteiger partial charge in [0.25, 0.3) is 5.91 Å². The summed E-state index contributed by atoms with van der Waals surface area (Å²) >= 11 is 1.45. The van der Waals surface area contributed by atoms with Crippen molar-refractivity contribution in [3.63, 3.8) is 0 Å². The molecule has 2 amide bonds. The zero-order chi connectivity index (χ0) is 21.1. The molecule has 2 fully saturated rings. The number of β-lactam (4-membered cyclic amide) rings is 1. The molecule has 0 aromatic rings. The summed E-state index contributed by atoms with van der Waals surface area (Å²) in [7, 11) is 7.51. The predicted octanol–water partition coefficient (Wildman–Crippen LogP) is -1.16. The second-order valence-electron chi connectivity index (χ2n) is 8.94. The van der Waals surface area contributed by atoms with E-state index in [-0.39, 0.29) is 40.8 Å². The van der Waals surface area contributed by atoms with E-state index in [2.05, 4.69) is 0 Å². The molecule has 3 rings (SSSR count). The van der Waals surface area contributed by atoms with Crippen LogP contribution in [0.2, 0.25) is 0 Å². The van der Waals surface area contributed by atoms with Crippen LogP contribution in [-0.4, -0.2) is 95.3 Å². The number of carboxylic acids is 1. The maximum atomic E-state index is 12.6. The highest BCUT2D eigenvalue weighted by atomic mass is 32.2. The number of fused-ring (bicyclic) bond motifs is 1. The molecule has 3 aliphatic rings. The van der Waals surface area contributed by atoms with Crippen molar-refractivity contribution in [3.05, 3.63) is 10.6 Å². The largest absolute Gasteiger partial charge is 0.543 e. The molecule has 6 atom stereocenters. The lowest BCUT2D eigenvalue weighted by Crippen LogP contribution is -2.64. The van der Waals surface area contributed by atoms with E-state index in [1.54, 1.807) is 25.9 Å².